The SMILES string of the molecule is CCNC(=NCCCCn1cnnc1)N1CCN(C(CC)c2ccc(F)cc2F)CC1. The van der Waals surface area contributed by atoms with Crippen LogP contribution in [0.4, 0.5) is 8.78 Å². The number of nitrogens with zero attached hydrogens (tertiary/aromatic N) is 6. The van der Waals surface area contributed by atoms with Crippen LogP contribution in [-0.4, -0.2) is 69.8 Å². The number of halogens is 2. The van der Waals surface area contributed by atoms with Crippen LogP contribution in [0.3, 0.4) is 0 Å². The van der Waals surface area contributed by atoms with E-state index < -0.39 is 11.6 Å². The van der Waals surface area contributed by atoms with Crippen LogP contribution in [0.25, 0.3) is 0 Å². The first kappa shape index (κ1) is 23.1. The summed E-state index contributed by atoms with van der Waals surface area (Å²) in [6.45, 7) is 9.88. The van der Waals surface area contributed by atoms with Crippen molar-refractivity contribution in [2.75, 3.05) is 39.3 Å². The lowest BCUT2D eigenvalue weighted by Gasteiger charge is -2.40. The number of benzene rings is 1. The molecule has 1 N–H and O–H groups in total. The molecule has 31 heavy (non-hydrogen) atoms. The quantitative estimate of drug-likeness (QED) is 0.374. The largest absolute Gasteiger partial charge is 0.357 e. The monoisotopic (exact) mass is 433 g/mol. The molecule has 0 saturated carbocycles. The third-order valence-electron chi connectivity index (χ3n) is 5.65. The van der Waals surface area contributed by atoms with E-state index in [9.17, 15) is 8.78 Å². The predicted molar refractivity (Wildman–Crippen MR) is 118 cm³/mol. The van der Waals surface area contributed by atoms with Crippen molar-refractivity contribution >= 4 is 5.96 Å². The lowest BCUT2D eigenvalue weighted by Crippen LogP contribution is -2.53. The molecule has 1 atom stereocenters. The summed E-state index contributed by atoms with van der Waals surface area (Å²) in [5, 5.41) is 11.0. The summed E-state index contributed by atoms with van der Waals surface area (Å²) in [7, 11) is 0. The van der Waals surface area contributed by atoms with E-state index in [1.165, 1.54) is 6.07 Å². The minimum atomic E-state index is -0.533. The molecular weight excluding hydrogens is 400 g/mol. The van der Waals surface area contributed by atoms with Crippen LogP contribution in [0.5, 0.6) is 0 Å². The topological polar surface area (TPSA) is 61.6 Å². The van der Waals surface area contributed by atoms with Crippen LogP contribution in [0.15, 0.2) is 35.8 Å². The number of aryl methyl sites for hydroxylation is 1. The van der Waals surface area contributed by atoms with Gasteiger partial charge in [-0.1, -0.05) is 13.0 Å². The molecular formula is C22H33F2N7. The molecule has 0 amide bonds. The summed E-state index contributed by atoms with van der Waals surface area (Å²) in [5.41, 5.74) is 0.575. The van der Waals surface area contributed by atoms with Gasteiger partial charge in [-0.25, -0.2) is 8.78 Å². The number of guanidine groups is 1. The van der Waals surface area contributed by atoms with Crippen LogP contribution >= 0.6 is 0 Å². The van der Waals surface area contributed by atoms with Crippen molar-refractivity contribution in [3.63, 3.8) is 0 Å². The number of hydrogen-bond donors (Lipinski definition) is 1. The third-order valence-corrected chi connectivity index (χ3v) is 5.65. The Balaban J connectivity index is 1.52. The summed E-state index contributed by atoms with van der Waals surface area (Å²) in [6.07, 6.45) is 6.26. The number of hydrogen-bond acceptors (Lipinski definition) is 4. The molecule has 1 fully saturated rings. The van der Waals surface area contributed by atoms with Gasteiger partial charge in [0.25, 0.3) is 0 Å². The van der Waals surface area contributed by atoms with Crippen molar-refractivity contribution in [2.24, 2.45) is 4.99 Å². The highest BCUT2D eigenvalue weighted by molar-refractivity contribution is 5.80. The Kier molecular flexibility index (Phi) is 8.75. The molecule has 0 spiro atoms. The number of rotatable bonds is 9. The van der Waals surface area contributed by atoms with E-state index in [1.54, 1.807) is 18.7 Å². The fourth-order valence-electron chi connectivity index (χ4n) is 4.05. The number of piperazine rings is 1. The zero-order valence-corrected chi connectivity index (χ0v) is 18.5. The molecule has 3 rings (SSSR count). The Bertz CT molecular complexity index is 817. The maximum Gasteiger partial charge on any atom is 0.194 e. The third kappa shape index (κ3) is 6.46. The van der Waals surface area contributed by atoms with Gasteiger partial charge in [0, 0.05) is 63.5 Å². The van der Waals surface area contributed by atoms with Gasteiger partial charge in [-0.05, 0) is 32.3 Å². The molecule has 1 aliphatic heterocycles. The molecule has 170 valence electrons. The molecule has 0 radical (unpaired) electrons. The minimum absolute atomic E-state index is 0.0417. The van der Waals surface area contributed by atoms with E-state index >= 15 is 0 Å². The number of unbranched alkanes of at least 4 members (excludes halogenated alkanes) is 1. The van der Waals surface area contributed by atoms with Crippen LogP contribution in [0.1, 0.15) is 44.7 Å². The number of nitrogens with one attached hydrogen (secondary N) is 1. The second-order valence-electron chi connectivity index (χ2n) is 7.76. The highest BCUT2D eigenvalue weighted by Gasteiger charge is 2.27. The Morgan fingerprint density at radius 3 is 2.48 bits per heavy atom. The second kappa shape index (κ2) is 11.7. The van der Waals surface area contributed by atoms with E-state index in [0.717, 1.165) is 77.1 Å². The van der Waals surface area contributed by atoms with Crippen molar-refractivity contribution < 1.29 is 8.78 Å². The Labute approximate surface area is 183 Å². The van der Waals surface area contributed by atoms with Crippen molar-refractivity contribution in [1.29, 1.82) is 0 Å². The van der Waals surface area contributed by atoms with Gasteiger partial charge < -0.3 is 14.8 Å². The van der Waals surface area contributed by atoms with Gasteiger partial charge >= 0.3 is 0 Å². The first-order valence-corrected chi connectivity index (χ1v) is 11.2. The summed E-state index contributed by atoms with van der Waals surface area (Å²) in [6, 6.07) is 3.86. The molecule has 1 aliphatic rings. The summed E-state index contributed by atoms with van der Waals surface area (Å²) in [4.78, 5) is 9.36. The first-order valence-electron chi connectivity index (χ1n) is 11.2. The Morgan fingerprint density at radius 1 is 1.10 bits per heavy atom. The van der Waals surface area contributed by atoms with Gasteiger partial charge in [0.1, 0.15) is 24.3 Å². The summed E-state index contributed by atoms with van der Waals surface area (Å²) < 4.78 is 29.6. The average Bonchev–Trinajstić information content (AvgIpc) is 3.29. The summed E-state index contributed by atoms with van der Waals surface area (Å²) >= 11 is 0. The zero-order chi connectivity index (χ0) is 22.1. The summed E-state index contributed by atoms with van der Waals surface area (Å²) in [5.74, 6) is -0.0581. The van der Waals surface area contributed by atoms with Crippen molar-refractivity contribution in [3.05, 3.63) is 48.1 Å². The van der Waals surface area contributed by atoms with Crippen LogP contribution in [0, 0.1) is 11.6 Å². The lowest BCUT2D eigenvalue weighted by molar-refractivity contribution is 0.124. The zero-order valence-electron chi connectivity index (χ0n) is 18.5. The van der Waals surface area contributed by atoms with Gasteiger partial charge in [0.05, 0.1) is 0 Å². The molecule has 1 unspecified atom stereocenters. The maximum atomic E-state index is 14.3. The minimum Gasteiger partial charge on any atom is -0.357 e. The van der Waals surface area contributed by atoms with Crippen LogP contribution in [0.2, 0.25) is 0 Å². The van der Waals surface area contributed by atoms with Gasteiger partial charge in [-0.15, -0.1) is 10.2 Å². The highest BCUT2D eigenvalue weighted by Crippen LogP contribution is 2.28. The first-order chi connectivity index (χ1) is 15.1. The van der Waals surface area contributed by atoms with E-state index in [2.05, 4.69) is 32.2 Å². The maximum absolute atomic E-state index is 14.3. The molecule has 2 aromatic rings. The number of aliphatic imine (C=N–C) groups is 1. The van der Waals surface area contributed by atoms with Crippen LogP contribution in [-0.2, 0) is 6.54 Å². The fourth-order valence-corrected chi connectivity index (χ4v) is 4.05. The van der Waals surface area contributed by atoms with E-state index in [4.69, 9.17) is 4.99 Å². The molecule has 1 saturated heterocycles. The van der Waals surface area contributed by atoms with E-state index in [0.29, 0.717) is 5.56 Å². The van der Waals surface area contributed by atoms with Gasteiger partial charge in [-0.2, -0.15) is 0 Å². The van der Waals surface area contributed by atoms with E-state index in [-0.39, 0.29) is 6.04 Å². The Morgan fingerprint density at radius 2 is 1.84 bits per heavy atom. The van der Waals surface area contributed by atoms with Gasteiger partial charge in [-0.3, -0.25) is 9.89 Å². The molecule has 1 aromatic carbocycles. The smallest absolute Gasteiger partial charge is 0.194 e. The average molecular weight is 434 g/mol. The van der Waals surface area contributed by atoms with Crippen molar-refractivity contribution in [2.45, 2.75) is 45.7 Å². The molecule has 0 bridgehead atoms. The predicted octanol–water partition coefficient (Wildman–Crippen LogP) is 3.07. The Hall–Kier alpha value is -2.55. The normalized spacial score (nSPS) is 16.5. The molecule has 7 nitrogen and oxygen atoms in total. The highest BCUT2D eigenvalue weighted by atomic mass is 19.1. The van der Waals surface area contributed by atoms with E-state index in [1.807, 2.05) is 11.5 Å². The van der Waals surface area contributed by atoms with Crippen molar-refractivity contribution in [1.82, 2.24) is 29.9 Å². The van der Waals surface area contributed by atoms with Gasteiger partial charge in [0.2, 0.25) is 0 Å². The molecule has 1 aromatic heterocycles. The fraction of sp³-hybridized carbons (Fsp3) is 0.591. The standard InChI is InChI=1S/C22H33F2N7/c1-3-21(19-8-7-18(23)15-20(19)24)30-11-13-31(14-12-30)22(25-4-2)26-9-5-6-10-29-16-27-28-17-29/h7-8,15-17,21H,3-6,9-14H2,1-2H3,(H,25,26). The van der Waals surface area contributed by atoms with Crippen LogP contribution < -0.4 is 5.32 Å². The lowest BCUT2D eigenvalue weighted by atomic mass is 10.0. The molecule has 9 heteroatoms. The second-order valence-corrected chi connectivity index (χ2v) is 7.76. The van der Waals surface area contributed by atoms with Crippen molar-refractivity contribution in [3.8, 4) is 0 Å². The van der Waals surface area contributed by atoms with Gasteiger partial charge in [0.15, 0.2) is 5.96 Å². The molecule has 0 aliphatic carbocycles. The molecule has 2 heterocycles. The number of aromatic nitrogens is 3.